The van der Waals surface area contributed by atoms with Gasteiger partial charge in [-0.15, -0.1) is 0 Å². The van der Waals surface area contributed by atoms with Gasteiger partial charge in [-0.1, -0.05) is 50.2 Å². The van der Waals surface area contributed by atoms with Gasteiger partial charge in [0.05, 0.1) is 12.6 Å². The fraction of sp³-hybridized carbons (Fsp3) is 0.250. The van der Waals surface area contributed by atoms with E-state index in [1.165, 1.54) is 6.07 Å². The standard InChI is InChI=1S/C24H24FN3O2/c1-14(2)9-19(13-29)26-24(30)18-11-20-22(27-28-23(20)21(25)12-18)17-8-7-15-5-3-4-6-16(15)10-17/h3-8,10-12,14,19,29H,9,13H2,1-2H3,(H,26,30)(H,27,28)/t19-/m0/s1. The second-order valence-electron chi connectivity index (χ2n) is 8.00. The molecule has 1 atom stereocenters. The normalized spacial score (nSPS) is 12.6. The number of aliphatic hydroxyl groups is 1. The van der Waals surface area contributed by atoms with E-state index in [0.717, 1.165) is 16.3 Å². The Bertz CT molecular complexity index is 1220. The highest BCUT2D eigenvalue weighted by Gasteiger charge is 2.19. The minimum Gasteiger partial charge on any atom is -0.394 e. The van der Waals surface area contributed by atoms with Crippen molar-refractivity contribution in [1.29, 1.82) is 0 Å². The van der Waals surface area contributed by atoms with E-state index in [-0.39, 0.29) is 23.7 Å². The maximum atomic E-state index is 14.7. The van der Waals surface area contributed by atoms with Crippen LogP contribution < -0.4 is 5.32 Å². The average molecular weight is 405 g/mol. The molecule has 3 N–H and O–H groups in total. The van der Waals surface area contributed by atoms with Gasteiger partial charge < -0.3 is 10.4 Å². The molecule has 0 bridgehead atoms. The zero-order valence-electron chi connectivity index (χ0n) is 16.9. The Morgan fingerprint density at radius 1 is 1.13 bits per heavy atom. The molecule has 0 aliphatic carbocycles. The number of fused-ring (bicyclic) bond motifs is 2. The van der Waals surface area contributed by atoms with Crippen molar-refractivity contribution < 1.29 is 14.3 Å². The Hall–Kier alpha value is -3.25. The van der Waals surface area contributed by atoms with Crippen molar-refractivity contribution in [3.63, 3.8) is 0 Å². The minimum absolute atomic E-state index is 0.164. The van der Waals surface area contributed by atoms with Crippen molar-refractivity contribution in [2.24, 2.45) is 5.92 Å². The molecule has 4 rings (SSSR count). The van der Waals surface area contributed by atoms with Gasteiger partial charge in [-0.05, 0) is 41.3 Å². The molecule has 0 aliphatic heterocycles. The molecule has 0 radical (unpaired) electrons. The van der Waals surface area contributed by atoms with Crippen molar-refractivity contribution in [3.05, 3.63) is 66.0 Å². The number of rotatable bonds is 6. The van der Waals surface area contributed by atoms with Crippen LogP contribution in [0.4, 0.5) is 4.39 Å². The molecule has 0 unspecified atom stereocenters. The average Bonchev–Trinajstić information content (AvgIpc) is 3.17. The third kappa shape index (κ3) is 3.91. The van der Waals surface area contributed by atoms with Crippen molar-refractivity contribution in [2.75, 3.05) is 6.61 Å². The van der Waals surface area contributed by atoms with Crippen LogP contribution in [0.3, 0.4) is 0 Å². The van der Waals surface area contributed by atoms with Crippen LogP contribution in [0.5, 0.6) is 0 Å². The number of halogens is 1. The first-order valence-electron chi connectivity index (χ1n) is 10.0. The molecular weight excluding hydrogens is 381 g/mol. The van der Waals surface area contributed by atoms with Crippen LogP contribution in [0.25, 0.3) is 32.9 Å². The van der Waals surface area contributed by atoms with E-state index in [1.54, 1.807) is 6.07 Å². The van der Waals surface area contributed by atoms with E-state index in [2.05, 4.69) is 15.5 Å². The van der Waals surface area contributed by atoms with Crippen molar-refractivity contribution in [3.8, 4) is 11.3 Å². The highest BCUT2D eigenvalue weighted by atomic mass is 19.1. The van der Waals surface area contributed by atoms with E-state index < -0.39 is 11.7 Å². The molecule has 1 aromatic heterocycles. The van der Waals surface area contributed by atoms with Gasteiger partial charge in [-0.2, -0.15) is 5.10 Å². The maximum Gasteiger partial charge on any atom is 0.251 e. The molecule has 0 fully saturated rings. The number of carbonyl (C=O) groups is 1. The molecule has 5 nitrogen and oxygen atoms in total. The molecule has 1 heterocycles. The zero-order valence-corrected chi connectivity index (χ0v) is 16.9. The Kier molecular flexibility index (Phi) is 5.50. The summed E-state index contributed by atoms with van der Waals surface area (Å²) in [6.45, 7) is 3.87. The number of hydrogen-bond donors (Lipinski definition) is 3. The molecule has 1 amide bonds. The fourth-order valence-electron chi connectivity index (χ4n) is 3.78. The summed E-state index contributed by atoms with van der Waals surface area (Å²) in [6, 6.07) is 16.4. The number of aliphatic hydroxyl groups excluding tert-OH is 1. The summed E-state index contributed by atoms with van der Waals surface area (Å²) in [5.41, 5.74) is 1.89. The molecule has 0 aliphatic rings. The molecule has 0 saturated heterocycles. The van der Waals surface area contributed by atoms with Crippen molar-refractivity contribution in [2.45, 2.75) is 26.3 Å². The molecule has 4 aromatic rings. The molecule has 3 aromatic carbocycles. The fourth-order valence-corrected chi connectivity index (χ4v) is 3.78. The largest absolute Gasteiger partial charge is 0.394 e. The Balaban J connectivity index is 1.73. The molecular formula is C24H24FN3O2. The Labute approximate surface area is 173 Å². The molecule has 0 spiro atoms. The van der Waals surface area contributed by atoms with E-state index in [1.807, 2.05) is 56.3 Å². The summed E-state index contributed by atoms with van der Waals surface area (Å²) >= 11 is 0. The summed E-state index contributed by atoms with van der Waals surface area (Å²) in [6.07, 6.45) is 0.640. The van der Waals surface area contributed by atoms with Crippen LogP contribution in [-0.4, -0.2) is 33.9 Å². The van der Waals surface area contributed by atoms with Gasteiger partial charge in [-0.25, -0.2) is 4.39 Å². The smallest absolute Gasteiger partial charge is 0.251 e. The molecule has 6 heteroatoms. The summed E-state index contributed by atoms with van der Waals surface area (Å²) < 4.78 is 14.7. The topological polar surface area (TPSA) is 78.0 Å². The Morgan fingerprint density at radius 3 is 2.63 bits per heavy atom. The van der Waals surface area contributed by atoms with Crippen molar-refractivity contribution in [1.82, 2.24) is 15.5 Å². The highest BCUT2D eigenvalue weighted by Crippen LogP contribution is 2.31. The number of nitrogens with one attached hydrogen (secondary N) is 2. The lowest BCUT2D eigenvalue weighted by Gasteiger charge is -2.18. The van der Waals surface area contributed by atoms with Crippen molar-refractivity contribution >= 4 is 27.6 Å². The zero-order chi connectivity index (χ0) is 21.3. The number of benzene rings is 3. The lowest BCUT2D eigenvalue weighted by Crippen LogP contribution is -2.38. The quantitative estimate of drug-likeness (QED) is 0.437. The summed E-state index contributed by atoms with van der Waals surface area (Å²) in [5, 5.41) is 22.1. The monoisotopic (exact) mass is 405 g/mol. The molecule has 30 heavy (non-hydrogen) atoms. The first-order chi connectivity index (χ1) is 14.5. The van der Waals surface area contributed by atoms with Gasteiger partial charge in [0, 0.05) is 16.5 Å². The first-order valence-corrected chi connectivity index (χ1v) is 10.0. The second-order valence-corrected chi connectivity index (χ2v) is 8.00. The lowest BCUT2D eigenvalue weighted by atomic mass is 10.0. The van der Waals surface area contributed by atoms with Crippen LogP contribution in [0.15, 0.2) is 54.6 Å². The van der Waals surface area contributed by atoms with Gasteiger partial charge in [0.25, 0.3) is 5.91 Å². The summed E-state index contributed by atoms with van der Waals surface area (Å²) in [5.74, 6) is -0.641. The third-order valence-corrected chi connectivity index (χ3v) is 5.22. The summed E-state index contributed by atoms with van der Waals surface area (Å²) in [4.78, 5) is 12.7. The predicted molar refractivity (Wildman–Crippen MR) is 117 cm³/mol. The van der Waals surface area contributed by atoms with Gasteiger partial charge in [0.15, 0.2) is 0 Å². The number of aromatic amines is 1. The van der Waals surface area contributed by atoms with Gasteiger partial charge in [0.1, 0.15) is 17.0 Å². The number of nitrogens with zero attached hydrogens (tertiary/aromatic N) is 1. The van der Waals surface area contributed by atoms with Gasteiger partial charge in [-0.3, -0.25) is 9.89 Å². The van der Waals surface area contributed by atoms with Crippen LogP contribution >= 0.6 is 0 Å². The van der Waals surface area contributed by atoms with E-state index in [0.29, 0.717) is 23.4 Å². The van der Waals surface area contributed by atoms with E-state index >= 15 is 0 Å². The summed E-state index contributed by atoms with van der Waals surface area (Å²) in [7, 11) is 0. The van der Waals surface area contributed by atoms with Crippen LogP contribution in [0.1, 0.15) is 30.6 Å². The SMILES string of the molecule is CC(C)C[C@@H](CO)NC(=O)c1cc(F)c2[nH]nc(-c3ccc4ccccc4c3)c2c1. The van der Waals surface area contributed by atoms with Crippen LogP contribution in [0, 0.1) is 11.7 Å². The highest BCUT2D eigenvalue weighted by molar-refractivity contribution is 6.02. The number of hydrogen-bond acceptors (Lipinski definition) is 3. The minimum atomic E-state index is -0.540. The number of amides is 1. The molecule has 0 saturated carbocycles. The first kappa shape index (κ1) is 20.0. The van der Waals surface area contributed by atoms with Gasteiger partial charge >= 0.3 is 0 Å². The third-order valence-electron chi connectivity index (χ3n) is 5.22. The van der Waals surface area contributed by atoms with Crippen LogP contribution in [-0.2, 0) is 0 Å². The Morgan fingerprint density at radius 2 is 1.90 bits per heavy atom. The van der Waals surface area contributed by atoms with Gasteiger partial charge in [0.2, 0.25) is 0 Å². The van der Waals surface area contributed by atoms with E-state index in [4.69, 9.17) is 0 Å². The number of aromatic nitrogens is 2. The number of H-pyrrole nitrogens is 1. The number of carbonyl (C=O) groups excluding carboxylic acids is 1. The second kappa shape index (κ2) is 8.24. The molecule has 154 valence electrons. The van der Waals surface area contributed by atoms with E-state index in [9.17, 15) is 14.3 Å². The predicted octanol–water partition coefficient (Wildman–Crippen LogP) is 4.66. The lowest BCUT2D eigenvalue weighted by molar-refractivity contribution is 0.0908. The van der Waals surface area contributed by atoms with Crippen LogP contribution in [0.2, 0.25) is 0 Å². The maximum absolute atomic E-state index is 14.7.